The van der Waals surface area contributed by atoms with Crippen LogP contribution in [0.3, 0.4) is 0 Å². The van der Waals surface area contributed by atoms with Gasteiger partial charge in [0.1, 0.15) is 0 Å². The second-order valence-electron chi connectivity index (χ2n) is 6.96. The van der Waals surface area contributed by atoms with Gasteiger partial charge < -0.3 is 29.6 Å². The first kappa shape index (κ1) is 27.6. The van der Waals surface area contributed by atoms with E-state index in [0.717, 1.165) is 50.7 Å². The minimum absolute atomic E-state index is 0. The van der Waals surface area contributed by atoms with E-state index < -0.39 is 6.61 Å². The molecule has 31 heavy (non-hydrogen) atoms. The summed E-state index contributed by atoms with van der Waals surface area (Å²) in [6.45, 7) is 4.19. The molecule has 1 aliphatic heterocycles. The molecule has 0 radical (unpaired) electrons. The maximum Gasteiger partial charge on any atom is 0.387 e. The molecule has 1 atom stereocenters. The van der Waals surface area contributed by atoms with E-state index in [1.54, 1.807) is 12.1 Å². The standard InChI is InChI=1S/C21H33F2N3O4.HI/c1-3-24-21(25-9-4-11-28-14-17-8-12-29-15-17)26-10-7-16-5-6-18(27-2)19(13-16)30-20(22)23;/h5-6,13,17,20H,3-4,7-12,14-15H2,1-2H3,(H2,24,25,26);1H. The van der Waals surface area contributed by atoms with Crippen molar-refractivity contribution in [1.29, 1.82) is 0 Å². The van der Waals surface area contributed by atoms with E-state index >= 15 is 0 Å². The number of rotatable bonds is 13. The third kappa shape index (κ3) is 11.2. The molecule has 2 rings (SSSR count). The maximum absolute atomic E-state index is 12.6. The normalized spacial score (nSPS) is 16.2. The van der Waals surface area contributed by atoms with Gasteiger partial charge in [-0.25, -0.2) is 0 Å². The van der Waals surface area contributed by atoms with Gasteiger partial charge in [-0.15, -0.1) is 24.0 Å². The van der Waals surface area contributed by atoms with E-state index in [2.05, 4.69) is 20.4 Å². The van der Waals surface area contributed by atoms with Crippen molar-refractivity contribution in [3.63, 3.8) is 0 Å². The van der Waals surface area contributed by atoms with Crippen molar-refractivity contribution in [2.75, 3.05) is 53.2 Å². The largest absolute Gasteiger partial charge is 0.493 e. The lowest BCUT2D eigenvalue weighted by Crippen LogP contribution is -2.38. The molecule has 1 heterocycles. The lowest BCUT2D eigenvalue weighted by Gasteiger charge is -2.13. The van der Waals surface area contributed by atoms with E-state index in [1.165, 1.54) is 7.11 Å². The maximum atomic E-state index is 12.6. The monoisotopic (exact) mass is 557 g/mol. The zero-order valence-corrected chi connectivity index (χ0v) is 20.5. The average Bonchev–Trinajstić information content (AvgIpc) is 3.24. The summed E-state index contributed by atoms with van der Waals surface area (Å²) < 4.78 is 45.7. The quantitative estimate of drug-likeness (QED) is 0.168. The molecule has 1 aromatic carbocycles. The summed E-state index contributed by atoms with van der Waals surface area (Å²) >= 11 is 0. The number of methoxy groups -OCH3 is 1. The van der Waals surface area contributed by atoms with Crippen molar-refractivity contribution in [3.05, 3.63) is 23.8 Å². The molecule has 1 saturated heterocycles. The van der Waals surface area contributed by atoms with Crippen LogP contribution in [0, 0.1) is 5.92 Å². The van der Waals surface area contributed by atoms with Crippen LogP contribution in [0.1, 0.15) is 25.3 Å². The number of hydrogen-bond acceptors (Lipinski definition) is 5. The van der Waals surface area contributed by atoms with Crippen molar-refractivity contribution in [2.24, 2.45) is 10.9 Å². The van der Waals surface area contributed by atoms with Crippen molar-refractivity contribution in [2.45, 2.75) is 32.8 Å². The van der Waals surface area contributed by atoms with Gasteiger partial charge in [0.05, 0.1) is 20.3 Å². The fourth-order valence-electron chi connectivity index (χ4n) is 3.05. The van der Waals surface area contributed by atoms with Gasteiger partial charge in [-0.2, -0.15) is 8.78 Å². The minimum Gasteiger partial charge on any atom is -0.493 e. The molecular weight excluding hydrogens is 523 g/mol. The second-order valence-corrected chi connectivity index (χ2v) is 6.96. The third-order valence-corrected chi connectivity index (χ3v) is 4.59. The highest BCUT2D eigenvalue weighted by atomic mass is 127. The molecule has 0 aromatic heterocycles. The topological polar surface area (TPSA) is 73.3 Å². The molecule has 0 amide bonds. The molecule has 1 unspecified atom stereocenters. The van der Waals surface area contributed by atoms with E-state index in [0.29, 0.717) is 32.0 Å². The Morgan fingerprint density at radius 3 is 2.81 bits per heavy atom. The van der Waals surface area contributed by atoms with Crippen LogP contribution in [-0.4, -0.2) is 65.7 Å². The van der Waals surface area contributed by atoms with Gasteiger partial charge in [0, 0.05) is 38.8 Å². The number of hydrogen-bond donors (Lipinski definition) is 2. The molecule has 0 bridgehead atoms. The lowest BCUT2D eigenvalue weighted by molar-refractivity contribution is -0.0512. The molecule has 178 valence electrons. The molecule has 10 heteroatoms. The van der Waals surface area contributed by atoms with Gasteiger partial charge in [0.2, 0.25) is 0 Å². The van der Waals surface area contributed by atoms with Gasteiger partial charge in [0.15, 0.2) is 17.5 Å². The SMILES string of the molecule is CCNC(=NCCCOCC1CCOC1)NCCc1ccc(OC)c(OC(F)F)c1.I. The van der Waals surface area contributed by atoms with Crippen LogP contribution in [-0.2, 0) is 15.9 Å². The Morgan fingerprint density at radius 2 is 2.13 bits per heavy atom. The van der Waals surface area contributed by atoms with Crippen LogP contribution in [0.4, 0.5) is 8.78 Å². The smallest absolute Gasteiger partial charge is 0.387 e. The third-order valence-electron chi connectivity index (χ3n) is 4.59. The van der Waals surface area contributed by atoms with Gasteiger partial charge in [0.25, 0.3) is 0 Å². The van der Waals surface area contributed by atoms with E-state index in [1.807, 2.05) is 13.0 Å². The Balaban J connectivity index is 0.00000480. The first-order chi connectivity index (χ1) is 14.6. The predicted molar refractivity (Wildman–Crippen MR) is 127 cm³/mol. The van der Waals surface area contributed by atoms with Gasteiger partial charge in [-0.05, 0) is 43.9 Å². The van der Waals surface area contributed by atoms with Gasteiger partial charge in [-0.1, -0.05) is 6.07 Å². The summed E-state index contributed by atoms with van der Waals surface area (Å²) in [5.41, 5.74) is 0.860. The van der Waals surface area contributed by atoms with Crippen LogP contribution in [0.5, 0.6) is 11.5 Å². The second kappa shape index (κ2) is 16.3. The Morgan fingerprint density at radius 1 is 1.29 bits per heavy atom. The van der Waals surface area contributed by atoms with Crippen LogP contribution in [0.25, 0.3) is 0 Å². The first-order valence-corrected chi connectivity index (χ1v) is 10.4. The molecule has 0 saturated carbocycles. The molecule has 1 aromatic rings. The number of aliphatic imine (C=N–C) groups is 1. The van der Waals surface area contributed by atoms with E-state index in [4.69, 9.17) is 14.2 Å². The zero-order chi connectivity index (χ0) is 21.6. The molecule has 7 nitrogen and oxygen atoms in total. The van der Waals surface area contributed by atoms with Crippen LogP contribution in [0.15, 0.2) is 23.2 Å². The van der Waals surface area contributed by atoms with E-state index in [-0.39, 0.29) is 35.5 Å². The summed E-state index contributed by atoms with van der Waals surface area (Å²) in [4.78, 5) is 4.54. The van der Waals surface area contributed by atoms with Gasteiger partial charge >= 0.3 is 6.61 Å². The highest BCUT2D eigenvalue weighted by molar-refractivity contribution is 14.0. The fraction of sp³-hybridized carbons (Fsp3) is 0.667. The molecule has 2 N–H and O–H groups in total. The summed E-state index contributed by atoms with van der Waals surface area (Å²) in [5, 5.41) is 6.45. The van der Waals surface area contributed by atoms with E-state index in [9.17, 15) is 8.78 Å². The number of nitrogens with one attached hydrogen (secondary N) is 2. The van der Waals surface area contributed by atoms with Crippen LogP contribution in [0.2, 0.25) is 0 Å². The highest BCUT2D eigenvalue weighted by Gasteiger charge is 2.15. The van der Waals surface area contributed by atoms with Crippen LogP contribution < -0.4 is 20.1 Å². The van der Waals surface area contributed by atoms with Crippen molar-refractivity contribution in [3.8, 4) is 11.5 Å². The lowest BCUT2D eigenvalue weighted by atomic mass is 10.1. The summed E-state index contributed by atoms with van der Waals surface area (Å²) in [7, 11) is 1.42. The Bertz CT molecular complexity index is 647. The summed E-state index contributed by atoms with van der Waals surface area (Å²) in [6.07, 6.45) is 2.55. The number of halogens is 3. The molecule has 1 aliphatic rings. The number of ether oxygens (including phenoxy) is 4. The summed E-state index contributed by atoms with van der Waals surface area (Å²) in [6, 6.07) is 5.03. The number of nitrogens with zero attached hydrogens (tertiary/aromatic N) is 1. The zero-order valence-electron chi connectivity index (χ0n) is 18.2. The first-order valence-electron chi connectivity index (χ1n) is 10.4. The Hall–Kier alpha value is -1.40. The Kier molecular flexibility index (Phi) is 14.5. The number of benzene rings is 1. The van der Waals surface area contributed by atoms with Crippen molar-refractivity contribution < 1.29 is 27.7 Å². The highest BCUT2D eigenvalue weighted by Crippen LogP contribution is 2.29. The molecule has 0 aliphatic carbocycles. The van der Waals surface area contributed by atoms with Crippen molar-refractivity contribution >= 4 is 29.9 Å². The average molecular weight is 557 g/mol. The molecule has 1 fully saturated rings. The fourth-order valence-corrected chi connectivity index (χ4v) is 3.05. The van der Waals surface area contributed by atoms with Crippen LogP contribution >= 0.6 is 24.0 Å². The van der Waals surface area contributed by atoms with Gasteiger partial charge in [-0.3, -0.25) is 4.99 Å². The van der Waals surface area contributed by atoms with Crippen molar-refractivity contribution in [1.82, 2.24) is 10.6 Å². The Labute approximate surface area is 200 Å². The summed E-state index contributed by atoms with van der Waals surface area (Å²) in [5.74, 6) is 1.57. The predicted octanol–water partition coefficient (Wildman–Crippen LogP) is 3.46. The number of guanidine groups is 1. The minimum atomic E-state index is -2.89. The number of alkyl halides is 2. The molecular formula is C21H34F2IN3O4. The molecule has 0 spiro atoms.